The van der Waals surface area contributed by atoms with Gasteiger partial charge in [0.1, 0.15) is 11.8 Å². The molecule has 0 aromatic heterocycles. The van der Waals surface area contributed by atoms with E-state index in [0.717, 1.165) is 29.1 Å². The molecule has 34 heavy (non-hydrogen) atoms. The van der Waals surface area contributed by atoms with Crippen LogP contribution < -0.4 is 9.64 Å². The van der Waals surface area contributed by atoms with Crippen molar-refractivity contribution >= 4 is 35.0 Å². The smallest absolute Gasteiger partial charge is 0.262 e. The highest BCUT2D eigenvalue weighted by Crippen LogP contribution is 2.44. The Balaban J connectivity index is 1.50. The van der Waals surface area contributed by atoms with Gasteiger partial charge in [0, 0.05) is 10.7 Å². The Morgan fingerprint density at radius 3 is 2.00 bits per heavy atom. The van der Waals surface area contributed by atoms with Crippen LogP contribution in [0.15, 0.2) is 72.8 Å². The average molecular weight is 475 g/mol. The Bertz CT molecular complexity index is 1220. The first-order valence-corrected chi connectivity index (χ1v) is 11.7. The number of rotatable bonds is 7. The fraction of sp³-hybridized carbons (Fsp3) is 0.222. The van der Waals surface area contributed by atoms with E-state index in [1.165, 1.54) is 0 Å². The zero-order valence-electron chi connectivity index (χ0n) is 18.6. The normalized spacial score (nSPS) is 19.3. The van der Waals surface area contributed by atoms with Crippen molar-refractivity contribution in [1.82, 2.24) is 4.90 Å². The number of amides is 3. The number of fused-ring (bicyclic) bond motifs is 1. The molecule has 3 amide bonds. The number of halogens is 1. The van der Waals surface area contributed by atoms with E-state index in [1.54, 1.807) is 53.4 Å². The van der Waals surface area contributed by atoms with E-state index in [2.05, 4.69) is 6.92 Å². The summed E-state index contributed by atoms with van der Waals surface area (Å²) in [7, 11) is 0. The lowest BCUT2D eigenvalue weighted by atomic mass is 9.86. The van der Waals surface area contributed by atoms with Gasteiger partial charge in [-0.15, -0.1) is 0 Å². The summed E-state index contributed by atoms with van der Waals surface area (Å²) in [6.07, 6.45) is 2.01. The zero-order chi connectivity index (χ0) is 23.8. The van der Waals surface area contributed by atoms with Gasteiger partial charge in [0.15, 0.2) is 0 Å². The molecule has 0 N–H and O–H groups in total. The maximum Gasteiger partial charge on any atom is 0.262 e. The maximum absolute atomic E-state index is 13.4. The molecule has 1 fully saturated rings. The van der Waals surface area contributed by atoms with E-state index in [4.69, 9.17) is 16.3 Å². The highest BCUT2D eigenvalue weighted by atomic mass is 35.5. The van der Waals surface area contributed by atoms with Gasteiger partial charge < -0.3 is 9.64 Å². The summed E-state index contributed by atoms with van der Waals surface area (Å²) < 4.78 is 5.77. The van der Waals surface area contributed by atoms with E-state index in [9.17, 15) is 14.4 Å². The number of carbonyl (C=O) groups is 3. The molecular weight excluding hydrogens is 452 g/mol. The number of β-lactam (4-membered cyclic amide) rings is 1. The third kappa shape index (κ3) is 3.64. The zero-order valence-corrected chi connectivity index (χ0v) is 19.4. The van der Waals surface area contributed by atoms with E-state index < -0.39 is 23.9 Å². The monoisotopic (exact) mass is 474 g/mol. The van der Waals surface area contributed by atoms with Crippen molar-refractivity contribution < 1.29 is 19.1 Å². The van der Waals surface area contributed by atoms with E-state index in [-0.39, 0.29) is 5.91 Å². The van der Waals surface area contributed by atoms with Crippen molar-refractivity contribution in [2.45, 2.75) is 31.8 Å². The first-order valence-electron chi connectivity index (χ1n) is 11.3. The number of unbranched alkanes of at least 4 members (excludes halogenated alkanes) is 1. The first-order chi connectivity index (χ1) is 16.5. The second-order valence-electron chi connectivity index (χ2n) is 8.37. The molecule has 0 unspecified atom stereocenters. The SMILES string of the molecule is CCCCOc1ccc([C@H]2[C@H](N3C(=O)c4ccccc4C3=O)C(=O)N2c2ccc(Cl)cc2)cc1. The van der Waals surface area contributed by atoms with Crippen molar-refractivity contribution in [3.05, 3.63) is 94.5 Å². The Kier molecular flexibility index (Phi) is 5.84. The van der Waals surface area contributed by atoms with Gasteiger partial charge in [-0.2, -0.15) is 0 Å². The van der Waals surface area contributed by atoms with Gasteiger partial charge in [-0.1, -0.05) is 49.2 Å². The summed E-state index contributed by atoms with van der Waals surface area (Å²) in [5.41, 5.74) is 2.10. The number of nitrogens with zero attached hydrogens (tertiary/aromatic N) is 2. The largest absolute Gasteiger partial charge is 0.494 e. The van der Waals surface area contributed by atoms with Crippen molar-refractivity contribution in [3.63, 3.8) is 0 Å². The van der Waals surface area contributed by atoms with Crippen LogP contribution >= 0.6 is 11.6 Å². The number of ether oxygens (including phenoxy) is 1. The van der Waals surface area contributed by atoms with Crippen LogP contribution in [0.1, 0.15) is 52.1 Å². The predicted octanol–water partition coefficient (Wildman–Crippen LogP) is 5.27. The third-order valence-corrected chi connectivity index (χ3v) is 6.52. The molecule has 2 aliphatic rings. The van der Waals surface area contributed by atoms with Gasteiger partial charge in [0.05, 0.1) is 23.8 Å². The molecule has 5 rings (SSSR count). The number of hydrogen-bond acceptors (Lipinski definition) is 4. The molecule has 0 spiro atoms. The molecule has 3 aromatic carbocycles. The summed E-state index contributed by atoms with van der Waals surface area (Å²) in [6.45, 7) is 2.73. The van der Waals surface area contributed by atoms with E-state index in [1.807, 2.05) is 24.3 Å². The molecule has 2 atom stereocenters. The van der Waals surface area contributed by atoms with Crippen molar-refractivity contribution in [1.29, 1.82) is 0 Å². The van der Waals surface area contributed by atoms with Crippen LogP contribution in [0.2, 0.25) is 5.02 Å². The fourth-order valence-electron chi connectivity index (χ4n) is 4.50. The lowest BCUT2D eigenvalue weighted by Gasteiger charge is -2.49. The van der Waals surface area contributed by atoms with Gasteiger partial charge in [0.25, 0.3) is 17.7 Å². The molecular formula is C27H23ClN2O4. The van der Waals surface area contributed by atoms with Crippen molar-refractivity contribution in [2.75, 3.05) is 11.5 Å². The van der Waals surface area contributed by atoms with Crippen LogP contribution in [0.3, 0.4) is 0 Å². The standard InChI is InChI=1S/C27H23ClN2O4/c1-2-3-16-34-20-14-8-17(9-15-20)23-24(27(33)29(23)19-12-10-18(28)11-13-19)30-25(31)21-6-4-5-7-22(21)26(30)32/h4-15,23-24H,2-3,16H2,1H3/t23-,24-/m0/s1. The van der Waals surface area contributed by atoms with Gasteiger partial charge in [-0.25, -0.2) is 0 Å². The molecule has 2 heterocycles. The van der Waals surface area contributed by atoms with Crippen LogP contribution in [0.5, 0.6) is 5.75 Å². The van der Waals surface area contributed by atoms with Crippen molar-refractivity contribution in [2.24, 2.45) is 0 Å². The molecule has 0 radical (unpaired) electrons. The molecule has 0 aliphatic carbocycles. The van der Waals surface area contributed by atoms with Crippen LogP contribution in [-0.4, -0.2) is 35.3 Å². The molecule has 0 bridgehead atoms. The van der Waals surface area contributed by atoms with Crippen LogP contribution in [-0.2, 0) is 4.79 Å². The molecule has 6 nitrogen and oxygen atoms in total. The highest BCUT2D eigenvalue weighted by molar-refractivity contribution is 6.30. The Morgan fingerprint density at radius 2 is 1.41 bits per heavy atom. The Hall–Kier alpha value is -3.64. The van der Waals surface area contributed by atoms with Gasteiger partial charge in [-0.05, 0) is 60.5 Å². The lowest BCUT2D eigenvalue weighted by molar-refractivity contribution is -0.130. The molecule has 2 aliphatic heterocycles. The number of carbonyl (C=O) groups excluding carboxylic acids is 3. The van der Waals surface area contributed by atoms with Gasteiger partial charge in [0.2, 0.25) is 0 Å². The van der Waals surface area contributed by atoms with Crippen LogP contribution in [0.25, 0.3) is 0 Å². The molecule has 172 valence electrons. The Morgan fingerprint density at radius 1 is 0.794 bits per heavy atom. The average Bonchev–Trinajstić information content (AvgIpc) is 3.10. The second kappa shape index (κ2) is 8.95. The summed E-state index contributed by atoms with van der Waals surface area (Å²) in [5, 5.41) is 0.554. The number of anilines is 1. The quantitative estimate of drug-likeness (QED) is 0.266. The minimum Gasteiger partial charge on any atom is -0.494 e. The number of imide groups is 1. The fourth-order valence-corrected chi connectivity index (χ4v) is 4.63. The highest BCUT2D eigenvalue weighted by Gasteiger charge is 2.57. The minimum atomic E-state index is -0.935. The van der Waals surface area contributed by atoms with E-state index in [0.29, 0.717) is 28.4 Å². The van der Waals surface area contributed by atoms with E-state index >= 15 is 0 Å². The van der Waals surface area contributed by atoms with Gasteiger partial charge in [-0.3, -0.25) is 19.3 Å². The van der Waals surface area contributed by atoms with Crippen molar-refractivity contribution in [3.8, 4) is 5.75 Å². The second-order valence-corrected chi connectivity index (χ2v) is 8.81. The maximum atomic E-state index is 13.4. The summed E-state index contributed by atoms with van der Waals surface area (Å²) in [6, 6.07) is 19.6. The minimum absolute atomic E-state index is 0.315. The lowest BCUT2D eigenvalue weighted by Crippen LogP contribution is -2.67. The summed E-state index contributed by atoms with van der Waals surface area (Å²) in [5.74, 6) is -0.471. The Labute approximate surface area is 202 Å². The predicted molar refractivity (Wildman–Crippen MR) is 129 cm³/mol. The summed E-state index contributed by atoms with van der Waals surface area (Å²) in [4.78, 5) is 42.4. The van der Waals surface area contributed by atoms with Gasteiger partial charge >= 0.3 is 0 Å². The first kappa shape index (κ1) is 22.2. The molecule has 7 heteroatoms. The molecule has 3 aromatic rings. The molecule has 1 saturated heterocycles. The molecule has 0 saturated carbocycles. The topological polar surface area (TPSA) is 66.9 Å². The third-order valence-electron chi connectivity index (χ3n) is 6.26. The summed E-state index contributed by atoms with van der Waals surface area (Å²) >= 11 is 6.04. The number of benzene rings is 3. The number of hydrogen-bond donors (Lipinski definition) is 0. The van der Waals surface area contributed by atoms with Crippen LogP contribution in [0.4, 0.5) is 5.69 Å². The van der Waals surface area contributed by atoms with Crippen LogP contribution in [0, 0.1) is 0 Å².